The monoisotopic (exact) mass is 209 g/mol. The zero-order valence-corrected chi connectivity index (χ0v) is 10.0. The maximum absolute atomic E-state index is 11.2. The van der Waals surface area contributed by atoms with Gasteiger partial charge in [0.15, 0.2) is 0 Å². The van der Waals surface area contributed by atoms with Gasteiger partial charge in [-0.15, -0.1) is 0 Å². The molecule has 0 amide bonds. The highest BCUT2D eigenvalue weighted by molar-refractivity contribution is 5.92. The molecule has 84 valence electrons. The number of nitrogens with two attached hydrogens (primary N) is 1. The minimum Gasteiger partial charge on any atom is -0.465 e. The largest absolute Gasteiger partial charge is 0.465 e. The molecule has 1 aromatic carbocycles. The Hall–Kier alpha value is -1.51. The van der Waals surface area contributed by atoms with Gasteiger partial charge in [0.05, 0.1) is 12.7 Å². The number of anilines is 1. The fourth-order valence-electron chi connectivity index (χ4n) is 1.20. The lowest BCUT2D eigenvalue weighted by Gasteiger charge is -2.08. The molecule has 0 aliphatic rings. The van der Waals surface area contributed by atoms with E-state index < -0.39 is 0 Å². The van der Waals surface area contributed by atoms with Crippen molar-refractivity contribution in [2.45, 2.75) is 27.7 Å². The van der Waals surface area contributed by atoms with Crippen LogP contribution in [0.15, 0.2) is 12.1 Å². The highest BCUT2D eigenvalue weighted by Crippen LogP contribution is 2.20. The molecular formula is C12H19NO2. The number of nitrogen functional groups attached to an aromatic ring is 1. The predicted octanol–water partition coefficient (Wildman–Crippen LogP) is 2.70. The summed E-state index contributed by atoms with van der Waals surface area (Å²) in [6.45, 7) is 7.72. The van der Waals surface area contributed by atoms with E-state index in [4.69, 9.17) is 5.73 Å². The average molecular weight is 209 g/mol. The van der Waals surface area contributed by atoms with Gasteiger partial charge in [0, 0.05) is 5.69 Å². The smallest absolute Gasteiger partial charge is 0.338 e. The first kappa shape index (κ1) is 13.5. The summed E-state index contributed by atoms with van der Waals surface area (Å²) in [5.74, 6) is -0.343. The van der Waals surface area contributed by atoms with Crippen LogP contribution in [0.4, 0.5) is 5.69 Å². The molecule has 0 heterocycles. The average Bonchev–Trinajstić information content (AvgIpc) is 2.28. The Bertz CT molecular complexity index is 346. The quantitative estimate of drug-likeness (QED) is 0.571. The van der Waals surface area contributed by atoms with E-state index in [0.717, 1.165) is 11.1 Å². The number of esters is 1. The van der Waals surface area contributed by atoms with Crippen molar-refractivity contribution in [1.82, 2.24) is 0 Å². The SMILES string of the molecule is CC.COC(=O)c1ccc(C)c(N)c1C. The number of carbonyl (C=O) groups excluding carboxylic acids is 1. The summed E-state index contributed by atoms with van der Waals surface area (Å²) in [5.41, 5.74) is 8.72. The summed E-state index contributed by atoms with van der Waals surface area (Å²) in [6, 6.07) is 3.54. The summed E-state index contributed by atoms with van der Waals surface area (Å²) < 4.78 is 4.62. The second-order valence-electron chi connectivity index (χ2n) is 2.96. The maximum atomic E-state index is 11.2. The normalized spacial score (nSPS) is 8.87. The van der Waals surface area contributed by atoms with Gasteiger partial charge in [-0.25, -0.2) is 4.79 Å². The Morgan fingerprint density at radius 1 is 1.27 bits per heavy atom. The molecular weight excluding hydrogens is 190 g/mol. The molecule has 0 aliphatic carbocycles. The molecule has 2 N–H and O–H groups in total. The Morgan fingerprint density at radius 2 is 1.80 bits per heavy atom. The van der Waals surface area contributed by atoms with E-state index in [2.05, 4.69) is 4.74 Å². The minimum absolute atomic E-state index is 0.343. The summed E-state index contributed by atoms with van der Waals surface area (Å²) >= 11 is 0. The molecule has 0 radical (unpaired) electrons. The Kier molecular flexibility index (Phi) is 5.45. The standard InChI is InChI=1S/C10H13NO2.C2H6/c1-6-4-5-8(10(12)13-3)7(2)9(6)11;1-2/h4-5H,11H2,1-3H3;1-2H3. The number of aryl methyl sites for hydroxylation is 1. The molecule has 0 unspecified atom stereocenters. The van der Waals surface area contributed by atoms with Gasteiger partial charge in [-0.3, -0.25) is 0 Å². The molecule has 0 aromatic heterocycles. The van der Waals surface area contributed by atoms with Crippen LogP contribution in [0.25, 0.3) is 0 Å². The molecule has 0 fully saturated rings. The van der Waals surface area contributed by atoms with E-state index in [9.17, 15) is 4.79 Å². The second kappa shape index (κ2) is 6.06. The van der Waals surface area contributed by atoms with Crippen molar-refractivity contribution >= 4 is 11.7 Å². The zero-order valence-electron chi connectivity index (χ0n) is 10.0. The maximum Gasteiger partial charge on any atom is 0.338 e. The predicted molar refractivity (Wildman–Crippen MR) is 63.0 cm³/mol. The first-order valence-corrected chi connectivity index (χ1v) is 5.02. The molecule has 0 saturated carbocycles. The molecule has 15 heavy (non-hydrogen) atoms. The first-order valence-electron chi connectivity index (χ1n) is 5.02. The van der Waals surface area contributed by atoms with Crippen molar-refractivity contribution in [3.05, 3.63) is 28.8 Å². The number of methoxy groups -OCH3 is 1. The Morgan fingerprint density at radius 3 is 2.27 bits per heavy atom. The van der Waals surface area contributed by atoms with Gasteiger partial charge in [-0.1, -0.05) is 19.9 Å². The highest BCUT2D eigenvalue weighted by atomic mass is 16.5. The number of hydrogen-bond acceptors (Lipinski definition) is 3. The van der Waals surface area contributed by atoms with E-state index >= 15 is 0 Å². The van der Waals surface area contributed by atoms with Crippen LogP contribution < -0.4 is 5.73 Å². The fraction of sp³-hybridized carbons (Fsp3) is 0.417. The van der Waals surface area contributed by atoms with E-state index in [1.807, 2.05) is 33.8 Å². The molecule has 0 atom stereocenters. The molecule has 1 rings (SSSR count). The lowest BCUT2D eigenvalue weighted by atomic mass is 10.0. The van der Waals surface area contributed by atoms with Gasteiger partial charge in [0.2, 0.25) is 0 Å². The van der Waals surface area contributed by atoms with Crippen LogP contribution in [0.1, 0.15) is 35.3 Å². The number of hydrogen-bond donors (Lipinski definition) is 1. The van der Waals surface area contributed by atoms with E-state index in [1.165, 1.54) is 7.11 Å². The van der Waals surface area contributed by atoms with E-state index in [-0.39, 0.29) is 5.97 Å². The number of benzene rings is 1. The van der Waals surface area contributed by atoms with Gasteiger partial charge in [0.25, 0.3) is 0 Å². The number of rotatable bonds is 1. The van der Waals surface area contributed by atoms with Crippen molar-refractivity contribution < 1.29 is 9.53 Å². The van der Waals surface area contributed by atoms with E-state index in [0.29, 0.717) is 11.3 Å². The summed E-state index contributed by atoms with van der Waals surface area (Å²) in [4.78, 5) is 11.2. The zero-order chi connectivity index (χ0) is 12.0. The minimum atomic E-state index is -0.343. The van der Waals surface area contributed by atoms with Crippen molar-refractivity contribution in [2.24, 2.45) is 0 Å². The third-order valence-corrected chi connectivity index (χ3v) is 2.14. The lowest BCUT2D eigenvalue weighted by molar-refractivity contribution is 0.0600. The van der Waals surface area contributed by atoms with Crippen molar-refractivity contribution in [2.75, 3.05) is 12.8 Å². The third kappa shape index (κ3) is 2.98. The van der Waals surface area contributed by atoms with Gasteiger partial charge in [-0.05, 0) is 31.0 Å². The van der Waals surface area contributed by atoms with Crippen LogP contribution in [0.2, 0.25) is 0 Å². The molecule has 3 heteroatoms. The Labute approximate surface area is 91.2 Å². The number of ether oxygens (including phenoxy) is 1. The molecule has 0 bridgehead atoms. The van der Waals surface area contributed by atoms with Crippen LogP contribution >= 0.6 is 0 Å². The second-order valence-corrected chi connectivity index (χ2v) is 2.96. The lowest BCUT2D eigenvalue weighted by Crippen LogP contribution is -2.06. The highest BCUT2D eigenvalue weighted by Gasteiger charge is 2.11. The van der Waals surface area contributed by atoms with Crippen LogP contribution in [0, 0.1) is 13.8 Å². The van der Waals surface area contributed by atoms with Crippen molar-refractivity contribution in [1.29, 1.82) is 0 Å². The van der Waals surface area contributed by atoms with Crippen LogP contribution in [-0.4, -0.2) is 13.1 Å². The molecule has 0 saturated heterocycles. The fourth-order valence-corrected chi connectivity index (χ4v) is 1.20. The molecule has 0 aliphatic heterocycles. The summed E-state index contributed by atoms with van der Waals surface area (Å²) in [5, 5.41) is 0. The first-order chi connectivity index (χ1) is 7.07. The Balaban J connectivity index is 0.000000921. The van der Waals surface area contributed by atoms with Crippen LogP contribution in [0.3, 0.4) is 0 Å². The molecule has 3 nitrogen and oxygen atoms in total. The molecule has 0 spiro atoms. The molecule has 1 aromatic rings. The van der Waals surface area contributed by atoms with Crippen molar-refractivity contribution in [3.8, 4) is 0 Å². The van der Waals surface area contributed by atoms with Gasteiger partial charge in [0.1, 0.15) is 0 Å². The summed E-state index contributed by atoms with van der Waals surface area (Å²) in [6.07, 6.45) is 0. The summed E-state index contributed by atoms with van der Waals surface area (Å²) in [7, 11) is 1.36. The topological polar surface area (TPSA) is 52.3 Å². The van der Waals surface area contributed by atoms with Crippen LogP contribution in [-0.2, 0) is 4.74 Å². The number of carbonyl (C=O) groups is 1. The van der Waals surface area contributed by atoms with Gasteiger partial charge < -0.3 is 10.5 Å². The van der Waals surface area contributed by atoms with Gasteiger partial charge in [-0.2, -0.15) is 0 Å². The van der Waals surface area contributed by atoms with Crippen LogP contribution in [0.5, 0.6) is 0 Å². The van der Waals surface area contributed by atoms with E-state index in [1.54, 1.807) is 6.07 Å². The third-order valence-electron chi connectivity index (χ3n) is 2.14. The van der Waals surface area contributed by atoms with Crippen molar-refractivity contribution in [3.63, 3.8) is 0 Å². The van der Waals surface area contributed by atoms with Gasteiger partial charge >= 0.3 is 5.97 Å².